The normalized spacial score (nSPS) is 15.3. The molecule has 1 aromatic heterocycles. The van der Waals surface area contributed by atoms with Gasteiger partial charge in [0.15, 0.2) is 5.16 Å². The van der Waals surface area contributed by atoms with E-state index in [1.807, 2.05) is 41.7 Å². The van der Waals surface area contributed by atoms with Crippen molar-refractivity contribution < 1.29 is 9.59 Å². The second-order valence-corrected chi connectivity index (χ2v) is 9.02. The van der Waals surface area contributed by atoms with E-state index in [9.17, 15) is 9.59 Å². The number of hydrogen-bond acceptors (Lipinski definition) is 5. The molecule has 154 valence electrons. The molecule has 2 N–H and O–H groups in total. The Labute approximate surface area is 183 Å². The number of fused-ring (bicyclic) bond motifs is 1. The molecule has 0 radical (unpaired) electrons. The summed E-state index contributed by atoms with van der Waals surface area (Å²) in [4.78, 5) is 30.3. The van der Waals surface area contributed by atoms with Crippen molar-refractivity contribution in [3.05, 3.63) is 72.1 Å². The molecule has 3 aromatic rings. The van der Waals surface area contributed by atoms with Gasteiger partial charge in [-0.25, -0.2) is 4.98 Å². The number of imidazole rings is 1. The highest BCUT2D eigenvalue weighted by molar-refractivity contribution is 7.99. The summed E-state index contributed by atoms with van der Waals surface area (Å²) >= 11 is 3.21. The van der Waals surface area contributed by atoms with Gasteiger partial charge >= 0.3 is 0 Å². The van der Waals surface area contributed by atoms with Crippen LogP contribution in [0.2, 0.25) is 0 Å². The van der Waals surface area contributed by atoms with E-state index >= 15 is 0 Å². The van der Waals surface area contributed by atoms with Crippen molar-refractivity contribution in [1.82, 2.24) is 14.9 Å². The Balaban J connectivity index is 1.32. The third-order valence-corrected chi connectivity index (χ3v) is 6.98. The van der Waals surface area contributed by atoms with E-state index < -0.39 is 0 Å². The van der Waals surface area contributed by atoms with E-state index in [1.165, 1.54) is 22.2 Å². The summed E-state index contributed by atoms with van der Waals surface area (Å²) in [6.07, 6.45) is 4.46. The molecular weight excluding hydrogens is 416 g/mol. The van der Waals surface area contributed by atoms with Gasteiger partial charge in [0.25, 0.3) is 5.91 Å². The van der Waals surface area contributed by atoms with Gasteiger partial charge in [-0.05, 0) is 42.3 Å². The zero-order valence-electron chi connectivity index (χ0n) is 16.5. The molecule has 0 saturated carbocycles. The second-order valence-electron chi connectivity index (χ2n) is 6.94. The summed E-state index contributed by atoms with van der Waals surface area (Å²) in [7, 11) is 1.89. The van der Waals surface area contributed by atoms with Gasteiger partial charge in [-0.2, -0.15) is 0 Å². The Morgan fingerprint density at radius 3 is 2.77 bits per heavy atom. The van der Waals surface area contributed by atoms with E-state index in [1.54, 1.807) is 30.5 Å². The first-order chi connectivity index (χ1) is 14.6. The van der Waals surface area contributed by atoms with Gasteiger partial charge in [0.2, 0.25) is 5.91 Å². The fourth-order valence-corrected chi connectivity index (χ4v) is 5.11. The number of carbonyl (C=O) groups is 2. The summed E-state index contributed by atoms with van der Waals surface area (Å²) in [5, 5.41) is 6.79. The van der Waals surface area contributed by atoms with Crippen molar-refractivity contribution >= 4 is 41.0 Å². The van der Waals surface area contributed by atoms with Gasteiger partial charge in [-0.3, -0.25) is 9.59 Å². The first-order valence-electron chi connectivity index (χ1n) is 9.63. The smallest absolute Gasteiger partial charge is 0.251 e. The number of rotatable bonds is 6. The number of thioether (sulfide) groups is 2. The summed E-state index contributed by atoms with van der Waals surface area (Å²) in [5.41, 5.74) is 2.42. The van der Waals surface area contributed by atoms with Crippen LogP contribution in [-0.2, 0) is 11.8 Å². The first kappa shape index (κ1) is 20.6. The molecule has 1 aliphatic heterocycles. The van der Waals surface area contributed by atoms with Crippen molar-refractivity contribution in [2.75, 3.05) is 16.8 Å². The lowest BCUT2D eigenvalue weighted by atomic mass is 10.0. The van der Waals surface area contributed by atoms with Crippen LogP contribution in [0.3, 0.4) is 0 Å². The number of aryl methyl sites for hydroxylation is 1. The molecule has 0 fully saturated rings. The maximum absolute atomic E-state index is 12.7. The van der Waals surface area contributed by atoms with E-state index in [0.29, 0.717) is 11.3 Å². The molecule has 1 atom stereocenters. The van der Waals surface area contributed by atoms with E-state index in [0.717, 1.165) is 17.3 Å². The minimum atomic E-state index is -0.114. The van der Waals surface area contributed by atoms with Crippen LogP contribution in [0, 0.1) is 0 Å². The third-order valence-electron chi connectivity index (χ3n) is 4.80. The monoisotopic (exact) mass is 438 g/mol. The van der Waals surface area contributed by atoms with Crippen LogP contribution >= 0.6 is 23.5 Å². The fraction of sp³-hybridized carbons (Fsp3) is 0.227. The molecule has 0 bridgehead atoms. The Morgan fingerprint density at radius 1 is 1.20 bits per heavy atom. The van der Waals surface area contributed by atoms with Gasteiger partial charge in [0.1, 0.15) is 0 Å². The lowest BCUT2D eigenvalue weighted by Crippen LogP contribution is -2.30. The van der Waals surface area contributed by atoms with Crippen molar-refractivity contribution in [1.29, 1.82) is 0 Å². The van der Waals surface area contributed by atoms with Crippen molar-refractivity contribution in [2.24, 2.45) is 7.05 Å². The van der Waals surface area contributed by atoms with Crippen LogP contribution in [0.1, 0.15) is 28.4 Å². The SMILES string of the molecule is Cn1ccnc1SCC(=O)Nc1ccc(C(=O)NC2CCSc3ccccc32)cc1. The number of nitrogens with one attached hydrogen (secondary N) is 2. The maximum Gasteiger partial charge on any atom is 0.251 e. The van der Waals surface area contributed by atoms with Crippen LogP contribution in [0.25, 0.3) is 0 Å². The second kappa shape index (κ2) is 9.40. The molecule has 1 unspecified atom stereocenters. The summed E-state index contributed by atoms with van der Waals surface area (Å²) < 4.78 is 1.87. The molecule has 1 aliphatic rings. The Hall–Kier alpha value is -2.71. The third kappa shape index (κ3) is 4.88. The fourth-order valence-electron chi connectivity index (χ4n) is 3.26. The zero-order valence-corrected chi connectivity index (χ0v) is 18.1. The number of benzene rings is 2. The molecule has 2 aromatic carbocycles. The van der Waals surface area contributed by atoms with Crippen molar-refractivity contribution in [3.63, 3.8) is 0 Å². The average Bonchev–Trinajstić information content (AvgIpc) is 3.18. The minimum absolute atomic E-state index is 0.0254. The largest absolute Gasteiger partial charge is 0.345 e. The van der Waals surface area contributed by atoms with Crippen LogP contribution in [0.15, 0.2) is 71.0 Å². The summed E-state index contributed by atoms with van der Waals surface area (Å²) in [6.45, 7) is 0. The number of amides is 2. The molecule has 0 spiro atoms. The van der Waals surface area contributed by atoms with Gasteiger partial charge in [0, 0.05) is 41.3 Å². The Morgan fingerprint density at radius 2 is 2.00 bits per heavy atom. The topological polar surface area (TPSA) is 76.0 Å². The van der Waals surface area contributed by atoms with E-state index in [4.69, 9.17) is 0 Å². The summed E-state index contributed by atoms with van der Waals surface area (Å²) in [6, 6.07) is 15.2. The highest BCUT2D eigenvalue weighted by Gasteiger charge is 2.22. The number of aromatic nitrogens is 2. The summed E-state index contributed by atoms with van der Waals surface area (Å²) in [5.74, 6) is 1.04. The maximum atomic E-state index is 12.7. The average molecular weight is 439 g/mol. The molecule has 2 amide bonds. The van der Waals surface area contributed by atoms with Crippen LogP contribution < -0.4 is 10.6 Å². The predicted molar refractivity (Wildman–Crippen MR) is 121 cm³/mol. The highest BCUT2D eigenvalue weighted by atomic mass is 32.2. The van der Waals surface area contributed by atoms with Crippen molar-refractivity contribution in [2.45, 2.75) is 22.5 Å². The van der Waals surface area contributed by atoms with Gasteiger partial charge in [-0.15, -0.1) is 11.8 Å². The molecule has 0 saturated heterocycles. The lowest BCUT2D eigenvalue weighted by molar-refractivity contribution is -0.113. The number of hydrogen-bond donors (Lipinski definition) is 2. The van der Waals surface area contributed by atoms with Gasteiger partial charge < -0.3 is 15.2 Å². The van der Waals surface area contributed by atoms with Crippen LogP contribution in [0.4, 0.5) is 5.69 Å². The molecule has 4 rings (SSSR count). The lowest BCUT2D eigenvalue weighted by Gasteiger charge is -2.25. The quantitative estimate of drug-likeness (QED) is 0.566. The van der Waals surface area contributed by atoms with E-state index in [-0.39, 0.29) is 23.6 Å². The minimum Gasteiger partial charge on any atom is -0.345 e. The molecule has 30 heavy (non-hydrogen) atoms. The number of nitrogens with zero attached hydrogens (tertiary/aromatic N) is 2. The molecule has 2 heterocycles. The first-order valence-corrected chi connectivity index (χ1v) is 11.6. The van der Waals surface area contributed by atoms with Crippen LogP contribution in [0.5, 0.6) is 0 Å². The van der Waals surface area contributed by atoms with Gasteiger partial charge in [0.05, 0.1) is 11.8 Å². The van der Waals surface area contributed by atoms with Gasteiger partial charge in [-0.1, -0.05) is 30.0 Å². The number of anilines is 1. The highest BCUT2D eigenvalue weighted by Crippen LogP contribution is 2.35. The predicted octanol–water partition coefficient (Wildman–Crippen LogP) is 4.12. The molecule has 6 nitrogen and oxygen atoms in total. The molecule has 8 heteroatoms. The standard InChI is InChI=1S/C22H22N4O2S2/c1-26-12-11-23-22(26)30-14-20(27)24-16-8-6-15(7-9-16)21(28)25-18-10-13-29-19-5-3-2-4-17(18)19/h2-9,11-12,18H,10,13-14H2,1H3,(H,24,27)(H,25,28). The van der Waals surface area contributed by atoms with E-state index in [2.05, 4.69) is 27.8 Å². The number of carbonyl (C=O) groups excluding carboxylic acids is 2. The Kier molecular flexibility index (Phi) is 6.44. The molecule has 0 aliphatic carbocycles. The van der Waals surface area contributed by atoms with Crippen LogP contribution in [-0.4, -0.2) is 32.9 Å². The van der Waals surface area contributed by atoms with Crippen molar-refractivity contribution in [3.8, 4) is 0 Å². The molecular formula is C22H22N4O2S2. The Bertz CT molecular complexity index is 1050. The zero-order chi connectivity index (χ0) is 20.9.